The van der Waals surface area contributed by atoms with Gasteiger partial charge in [-0.25, -0.2) is 18.2 Å². The highest BCUT2D eigenvalue weighted by Gasteiger charge is 2.23. The number of amides is 2. The zero-order chi connectivity index (χ0) is 43.2. The number of methoxy groups -OCH3 is 2. The van der Waals surface area contributed by atoms with Gasteiger partial charge in [0.2, 0.25) is 21.9 Å². The highest BCUT2D eigenvalue weighted by molar-refractivity contribution is 7.92. The second kappa shape index (κ2) is 21.4. The van der Waals surface area contributed by atoms with E-state index in [0.29, 0.717) is 72.9 Å². The number of urea groups is 1. The largest absolute Gasteiger partial charge is 0.497 e. The van der Waals surface area contributed by atoms with E-state index in [1.807, 2.05) is 66.9 Å². The van der Waals surface area contributed by atoms with Crippen molar-refractivity contribution in [3.63, 3.8) is 0 Å². The Morgan fingerprint density at radius 1 is 0.864 bits per heavy atom. The maximum Gasteiger partial charge on any atom is 0.323 e. The lowest BCUT2D eigenvalue weighted by Gasteiger charge is -2.24. The molecule has 2 amide bonds. The first-order valence-corrected chi connectivity index (χ1v) is 20.8. The van der Waals surface area contributed by atoms with Gasteiger partial charge in [-0.15, -0.1) is 0 Å². The maximum atomic E-state index is 13.5. The number of carbonyl (C=O) groups is 1. The third-order valence-corrected chi connectivity index (χ3v) is 9.12. The van der Waals surface area contributed by atoms with Crippen molar-refractivity contribution in [1.82, 2.24) is 14.9 Å². The van der Waals surface area contributed by atoms with Crippen LogP contribution in [-0.2, 0) is 24.9 Å². The van der Waals surface area contributed by atoms with Crippen LogP contribution in [0.2, 0.25) is 0 Å². The molecule has 320 valence electrons. The number of rotatable bonds is 21. The maximum absolute atomic E-state index is 13.5. The Kier molecular flexibility index (Phi) is 16.7. The van der Waals surface area contributed by atoms with Crippen molar-refractivity contribution >= 4 is 50.8 Å². The monoisotopic (exact) mass is 835 g/mol. The van der Waals surface area contributed by atoms with Crippen LogP contribution >= 0.6 is 0 Å². The van der Waals surface area contributed by atoms with Crippen LogP contribution in [0.15, 0.2) is 60.8 Å². The average molecular weight is 836 g/mol. The van der Waals surface area contributed by atoms with Gasteiger partial charge in [0.1, 0.15) is 23.9 Å². The molecule has 0 unspecified atom stereocenters. The summed E-state index contributed by atoms with van der Waals surface area (Å²) in [7, 11) is 3.34. The van der Waals surface area contributed by atoms with Gasteiger partial charge in [-0.1, -0.05) is 32.9 Å². The van der Waals surface area contributed by atoms with E-state index in [0.717, 1.165) is 23.9 Å². The van der Waals surface area contributed by atoms with E-state index in [1.54, 1.807) is 55.8 Å². The predicted molar refractivity (Wildman–Crippen MR) is 233 cm³/mol. The molecule has 0 fully saturated rings. The van der Waals surface area contributed by atoms with Gasteiger partial charge >= 0.3 is 6.03 Å². The van der Waals surface area contributed by atoms with E-state index in [9.17, 15) is 13.2 Å². The second-order valence-electron chi connectivity index (χ2n) is 14.7. The van der Waals surface area contributed by atoms with Gasteiger partial charge < -0.3 is 49.3 Å². The summed E-state index contributed by atoms with van der Waals surface area (Å²) in [6, 6.07) is 13.4. The van der Waals surface area contributed by atoms with Crippen LogP contribution in [0.1, 0.15) is 44.4 Å². The van der Waals surface area contributed by atoms with E-state index >= 15 is 0 Å². The van der Waals surface area contributed by atoms with Crippen molar-refractivity contribution in [2.45, 2.75) is 40.0 Å². The molecule has 0 saturated heterocycles. The van der Waals surface area contributed by atoms with E-state index in [-0.39, 0.29) is 28.7 Å². The summed E-state index contributed by atoms with van der Waals surface area (Å²) in [5, 5.41) is 8.93. The molecule has 0 radical (unpaired) electrons. The first kappa shape index (κ1) is 46.1. The minimum atomic E-state index is -3.64. The van der Waals surface area contributed by atoms with Crippen molar-refractivity contribution in [1.29, 1.82) is 0 Å². The first-order valence-electron chi connectivity index (χ1n) is 18.9. The Balaban J connectivity index is 1.45. The lowest BCUT2D eigenvalue weighted by atomic mass is 9.86. The van der Waals surface area contributed by atoms with Gasteiger partial charge in [0.25, 0.3) is 0 Å². The number of aromatic nitrogens is 2. The Morgan fingerprint density at radius 3 is 2.20 bits per heavy atom. The summed E-state index contributed by atoms with van der Waals surface area (Å²) < 4.78 is 61.3. The number of hydrogen-bond acceptors (Lipinski definition) is 13. The van der Waals surface area contributed by atoms with Gasteiger partial charge in [0.15, 0.2) is 5.75 Å². The molecule has 0 spiro atoms. The third-order valence-electron chi connectivity index (χ3n) is 8.53. The van der Waals surface area contributed by atoms with Crippen LogP contribution in [-0.4, -0.2) is 103 Å². The van der Waals surface area contributed by atoms with Crippen LogP contribution in [0.25, 0.3) is 6.08 Å². The molecular weight excluding hydrogens is 779 g/mol. The summed E-state index contributed by atoms with van der Waals surface area (Å²) in [6.45, 7) is 12.9. The van der Waals surface area contributed by atoms with Crippen LogP contribution in [0.5, 0.6) is 28.9 Å². The van der Waals surface area contributed by atoms with E-state index in [2.05, 4.69) is 35.5 Å². The molecule has 1 heterocycles. The summed E-state index contributed by atoms with van der Waals surface area (Å²) >= 11 is 0. The molecule has 0 aliphatic carbocycles. The summed E-state index contributed by atoms with van der Waals surface area (Å²) in [4.78, 5) is 24.5. The van der Waals surface area contributed by atoms with Crippen LogP contribution in [0.3, 0.4) is 0 Å². The number of anilines is 5. The number of likely N-dealkylation sites (N-methyl/N-ethyl adjacent to an activating group) is 1. The van der Waals surface area contributed by atoms with Crippen LogP contribution in [0.4, 0.5) is 33.5 Å². The molecular formula is C42H57N7O9S. The van der Waals surface area contributed by atoms with Gasteiger partial charge in [0, 0.05) is 53.9 Å². The van der Waals surface area contributed by atoms with E-state index < -0.39 is 16.1 Å². The lowest BCUT2D eigenvalue weighted by molar-refractivity contribution is 0.0324. The molecule has 4 aromatic rings. The molecule has 4 rings (SSSR count). The van der Waals surface area contributed by atoms with Crippen LogP contribution in [0, 0.1) is 6.92 Å². The molecule has 0 bridgehead atoms. The minimum Gasteiger partial charge on any atom is -0.497 e. The molecule has 0 atom stereocenters. The summed E-state index contributed by atoms with van der Waals surface area (Å²) in [5.74, 6) is 2.36. The third kappa shape index (κ3) is 14.6. The van der Waals surface area contributed by atoms with E-state index in [4.69, 9.17) is 28.4 Å². The highest BCUT2D eigenvalue weighted by atomic mass is 32.2. The van der Waals surface area contributed by atoms with Crippen molar-refractivity contribution < 1.29 is 41.6 Å². The Bertz CT molecular complexity index is 2170. The number of allylic oxidation sites excluding steroid dienone is 1. The topological polar surface area (TPSA) is 184 Å². The molecule has 4 N–H and O–H groups in total. The van der Waals surface area contributed by atoms with Crippen LogP contribution < -0.4 is 39.6 Å². The Hall–Kier alpha value is -5.62. The van der Waals surface area contributed by atoms with Crippen molar-refractivity contribution in [3.05, 3.63) is 77.5 Å². The molecule has 0 saturated carbocycles. The quantitative estimate of drug-likeness (QED) is 0.0601. The zero-order valence-electron chi connectivity index (χ0n) is 35.5. The molecule has 0 aliphatic heterocycles. The zero-order valence-corrected chi connectivity index (χ0v) is 36.3. The normalized spacial score (nSPS) is 11.7. The molecule has 17 heteroatoms. The molecule has 59 heavy (non-hydrogen) atoms. The molecule has 16 nitrogen and oxygen atoms in total. The molecule has 1 aromatic heterocycles. The standard InChI is InChI=1S/C42H57N7O9S/c1-11-12-33-28(2)34(45-41(50)46-35-23-29(42(3,4)5)24-36(39(35)54-9)48-59(10,51)52)13-14-37(33)58-38-15-16-43-40(47-38)44-30-25-31(53-8)27-32(26-30)57-22-21-56-20-19-55-18-17-49(6)7/h11-16,23-27,48H,17-22H2,1-10H3,(H,43,44,47)(H2,45,46,50)/b12-11-. The number of carbonyl (C=O) groups excluding carboxylic acids is 1. The Labute approximate surface area is 347 Å². The number of hydrogen-bond donors (Lipinski definition) is 4. The summed E-state index contributed by atoms with van der Waals surface area (Å²) in [5.41, 5.74) is 3.50. The predicted octanol–water partition coefficient (Wildman–Crippen LogP) is 7.66. The fourth-order valence-electron chi connectivity index (χ4n) is 5.56. The number of nitrogens with zero attached hydrogens (tertiary/aromatic N) is 3. The average Bonchev–Trinajstić information content (AvgIpc) is 3.15. The van der Waals surface area contributed by atoms with Gasteiger partial charge in [-0.05, 0) is 68.8 Å². The van der Waals surface area contributed by atoms with Gasteiger partial charge in [0.05, 0.1) is 58.3 Å². The fraction of sp³-hybridized carbons (Fsp3) is 0.405. The fourth-order valence-corrected chi connectivity index (χ4v) is 6.11. The number of benzene rings is 3. The van der Waals surface area contributed by atoms with E-state index in [1.165, 1.54) is 7.11 Å². The van der Waals surface area contributed by atoms with Crippen molar-refractivity contribution in [2.24, 2.45) is 0 Å². The number of sulfonamides is 1. The van der Waals surface area contributed by atoms with Crippen molar-refractivity contribution in [2.75, 3.05) is 94.8 Å². The Morgan fingerprint density at radius 2 is 1.54 bits per heavy atom. The van der Waals surface area contributed by atoms with Gasteiger partial charge in [-0.3, -0.25) is 4.72 Å². The molecule has 3 aromatic carbocycles. The number of nitrogens with one attached hydrogen (secondary N) is 4. The second-order valence-corrected chi connectivity index (χ2v) is 16.4. The lowest BCUT2D eigenvalue weighted by Crippen LogP contribution is -2.22. The van der Waals surface area contributed by atoms with Crippen molar-refractivity contribution in [3.8, 4) is 28.9 Å². The SMILES string of the molecule is C/C=C\c1c(Oc2ccnc(Nc3cc(OC)cc(OCCOCCOCCN(C)C)c3)n2)ccc(NC(=O)Nc2cc(C(C)(C)C)cc(NS(C)(=O)=O)c2OC)c1C. The first-order chi connectivity index (χ1) is 28.0. The molecule has 0 aliphatic rings. The summed E-state index contributed by atoms with van der Waals surface area (Å²) in [6.07, 6.45) is 6.36. The smallest absolute Gasteiger partial charge is 0.323 e. The number of ether oxygens (including phenoxy) is 6. The van der Waals surface area contributed by atoms with Gasteiger partial charge in [-0.2, -0.15) is 4.98 Å². The highest BCUT2D eigenvalue weighted by Crippen LogP contribution is 2.40. The minimum absolute atomic E-state index is 0.168.